The topological polar surface area (TPSA) is 25.8 Å². The molecule has 0 unspecified atom stereocenters. The molecule has 0 spiro atoms. The maximum absolute atomic E-state index is 5.33. The van der Waals surface area contributed by atoms with E-state index in [9.17, 15) is 0 Å². The van der Waals surface area contributed by atoms with Gasteiger partial charge >= 0.3 is 0 Å². The highest BCUT2D eigenvalue weighted by atomic mass is 32.1. The highest BCUT2D eigenvalue weighted by molar-refractivity contribution is 7.26. The third-order valence-electron chi connectivity index (χ3n) is 10.9. The number of benzene rings is 9. The first-order chi connectivity index (χ1) is 27.2. The summed E-state index contributed by atoms with van der Waals surface area (Å²) < 4.78 is 2.50. The molecule has 11 aromatic rings. The minimum Gasteiger partial charge on any atom is -0.228 e. The van der Waals surface area contributed by atoms with Gasteiger partial charge in [-0.25, -0.2) is 9.97 Å². The van der Waals surface area contributed by atoms with Crippen molar-refractivity contribution in [1.29, 1.82) is 0 Å². The molecule has 0 amide bonds. The molecule has 0 saturated heterocycles. The Morgan fingerprint density at radius 1 is 0.291 bits per heavy atom. The molecule has 2 aromatic heterocycles. The first-order valence-electron chi connectivity index (χ1n) is 18.6. The van der Waals surface area contributed by atoms with Gasteiger partial charge in [0.2, 0.25) is 0 Å². The molecule has 0 fully saturated rings. The average molecular weight is 717 g/mol. The Morgan fingerprint density at radius 2 is 0.818 bits per heavy atom. The maximum Gasteiger partial charge on any atom is 0.160 e. The van der Waals surface area contributed by atoms with Crippen LogP contribution in [0.1, 0.15) is 0 Å². The first-order valence-corrected chi connectivity index (χ1v) is 19.5. The van der Waals surface area contributed by atoms with Crippen molar-refractivity contribution in [3.63, 3.8) is 0 Å². The molecule has 0 atom stereocenters. The Balaban J connectivity index is 1.10. The molecule has 0 aliphatic rings. The summed E-state index contributed by atoms with van der Waals surface area (Å²) >= 11 is 1.84. The molecule has 0 aliphatic carbocycles. The Morgan fingerprint density at radius 3 is 1.55 bits per heavy atom. The minimum absolute atomic E-state index is 0.710. The molecule has 3 heteroatoms. The van der Waals surface area contributed by atoms with Gasteiger partial charge in [-0.3, -0.25) is 0 Å². The molecule has 9 aromatic carbocycles. The van der Waals surface area contributed by atoms with Gasteiger partial charge in [0, 0.05) is 36.9 Å². The van der Waals surface area contributed by atoms with Crippen molar-refractivity contribution in [2.24, 2.45) is 0 Å². The molecule has 0 aliphatic heterocycles. The molecular weight excluding hydrogens is 685 g/mol. The predicted molar refractivity (Wildman–Crippen MR) is 235 cm³/mol. The molecule has 2 heterocycles. The molecule has 0 radical (unpaired) electrons. The fourth-order valence-electron chi connectivity index (χ4n) is 8.25. The van der Waals surface area contributed by atoms with Gasteiger partial charge in [0.25, 0.3) is 0 Å². The van der Waals surface area contributed by atoms with Gasteiger partial charge in [-0.2, -0.15) is 0 Å². The number of nitrogens with zero attached hydrogens (tertiary/aromatic N) is 2. The van der Waals surface area contributed by atoms with Crippen molar-refractivity contribution >= 4 is 63.8 Å². The molecule has 2 nitrogen and oxygen atoms in total. The number of fused-ring (bicyclic) bond motifs is 9. The lowest BCUT2D eigenvalue weighted by atomic mass is 9.92. The highest BCUT2D eigenvalue weighted by Crippen LogP contribution is 2.43. The van der Waals surface area contributed by atoms with Crippen molar-refractivity contribution in [2.45, 2.75) is 0 Å². The van der Waals surface area contributed by atoms with Gasteiger partial charge in [0.1, 0.15) is 0 Å². The van der Waals surface area contributed by atoms with Gasteiger partial charge in [-0.1, -0.05) is 158 Å². The summed E-state index contributed by atoms with van der Waals surface area (Å²) in [4.78, 5) is 10.5. The van der Waals surface area contributed by atoms with E-state index in [2.05, 4.69) is 188 Å². The Kier molecular flexibility index (Phi) is 7.39. The van der Waals surface area contributed by atoms with E-state index < -0.39 is 0 Å². The standard InChI is InChI=1S/C52H32N2S/c1-3-13-33(14-4-1)35-17-11-18-38(29-35)52-53-47(34-15-5-2-6-16-34)32-48(54-52)44-23-12-24-50-51(44)46-31-37(26-28-49(46)55-50)36-25-27-43-41-21-8-7-19-39(41)40-20-9-10-22-42(40)45(43)30-36/h1-32H. The average Bonchev–Trinajstić information content (AvgIpc) is 3.65. The number of hydrogen-bond acceptors (Lipinski definition) is 3. The summed E-state index contributed by atoms with van der Waals surface area (Å²) in [5.74, 6) is 0.710. The summed E-state index contributed by atoms with van der Waals surface area (Å²) in [5, 5.41) is 10.2. The lowest BCUT2D eigenvalue weighted by molar-refractivity contribution is 1.19. The van der Waals surface area contributed by atoms with Crippen LogP contribution in [0.3, 0.4) is 0 Å². The smallest absolute Gasteiger partial charge is 0.160 e. The fourth-order valence-corrected chi connectivity index (χ4v) is 9.36. The van der Waals surface area contributed by atoms with Crippen LogP contribution in [0.4, 0.5) is 0 Å². The summed E-state index contributed by atoms with van der Waals surface area (Å²) in [6.45, 7) is 0. The Hall–Kier alpha value is -6.94. The number of aromatic nitrogens is 2. The summed E-state index contributed by atoms with van der Waals surface area (Å²) in [5.41, 5.74) is 9.69. The number of thiophene rings is 1. The lowest BCUT2D eigenvalue weighted by Gasteiger charge is -2.12. The third kappa shape index (κ3) is 5.40. The molecule has 0 bridgehead atoms. The Labute approximate surface area is 322 Å². The minimum atomic E-state index is 0.710. The van der Waals surface area contributed by atoms with Crippen LogP contribution in [0.25, 0.3) is 109 Å². The predicted octanol–water partition coefficient (Wildman–Crippen LogP) is 14.6. The third-order valence-corrected chi connectivity index (χ3v) is 12.0. The van der Waals surface area contributed by atoms with E-state index in [4.69, 9.17) is 9.97 Å². The monoisotopic (exact) mass is 716 g/mol. The molecule has 55 heavy (non-hydrogen) atoms. The van der Waals surface area contributed by atoms with Crippen LogP contribution in [0.2, 0.25) is 0 Å². The van der Waals surface area contributed by atoms with Crippen molar-refractivity contribution in [3.8, 4) is 56.2 Å². The number of hydrogen-bond donors (Lipinski definition) is 0. The van der Waals surface area contributed by atoms with Crippen LogP contribution in [0.15, 0.2) is 194 Å². The number of rotatable bonds is 5. The van der Waals surface area contributed by atoms with Crippen LogP contribution >= 0.6 is 11.3 Å². The maximum atomic E-state index is 5.33. The molecule has 11 rings (SSSR count). The first kappa shape index (κ1) is 31.6. The zero-order chi connectivity index (χ0) is 36.3. The van der Waals surface area contributed by atoms with Crippen molar-refractivity contribution < 1.29 is 0 Å². The zero-order valence-electron chi connectivity index (χ0n) is 29.8. The van der Waals surface area contributed by atoms with Crippen LogP contribution in [0, 0.1) is 0 Å². The SMILES string of the molecule is c1ccc(-c2cccc(-c3nc(-c4ccccc4)cc(-c4cccc5sc6ccc(-c7ccc8c9ccccc9c9ccccc9c8c7)cc6c45)n3)c2)cc1. The quantitative estimate of drug-likeness (QED) is 0.166. The van der Waals surface area contributed by atoms with Gasteiger partial charge in [0.15, 0.2) is 5.82 Å². The summed E-state index contributed by atoms with van der Waals surface area (Å²) in [7, 11) is 0. The molecule has 0 saturated carbocycles. The second kappa shape index (κ2) is 12.9. The molecule has 0 N–H and O–H groups in total. The lowest BCUT2D eigenvalue weighted by Crippen LogP contribution is -1.96. The normalized spacial score (nSPS) is 11.6. The van der Waals surface area contributed by atoms with E-state index in [-0.39, 0.29) is 0 Å². The van der Waals surface area contributed by atoms with Crippen molar-refractivity contribution in [2.75, 3.05) is 0 Å². The van der Waals surface area contributed by atoms with Crippen LogP contribution in [0.5, 0.6) is 0 Å². The molecule has 256 valence electrons. The van der Waals surface area contributed by atoms with E-state index in [1.165, 1.54) is 69.2 Å². The van der Waals surface area contributed by atoms with Crippen LogP contribution in [-0.4, -0.2) is 9.97 Å². The Bertz CT molecular complexity index is 3220. The van der Waals surface area contributed by atoms with Crippen molar-refractivity contribution in [3.05, 3.63) is 194 Å². The van der Waals surface area contributed by atoms with Gasteiger partial charge < -0.3 is 0 Å². The van der Waals surface area contributed by atoms with Crippen molar-refractivity contribution in [1.82, 2.24) is 9.97 Å². The fraction of sp³-hybridized carbons (Fsp3) is 0. The van der Waals surface area contributed by atoms with Gasteiger partial charge in [-0.05, 0) is 91.0 Å². The van der Waals surface area contributed by atoms with E-state index in [0.717, 1.165) is 33.6 Å². The summed E-state index contributed by atoms with van der Waals surface area (Å²) in [6, 6.07) is 69.7. The van der Waals surface area contributed by atoms with E-state index in [0.29, 0.717) is 5.82 Å². The largest absolute Gasteiger partial charge is 0.228 e. The summed E-state index contributed by atoms with van der Waals surface area (Å²) in [6.07, 6.45) is 0. The second-order valence-corrected chi connectivity index (χ2v) is 15.2. The van der Waals surface area contributed by atoms with E-state index in [1.54, 1.807) is 0 Å². The van der Waals surface area contributed by atoms with Crippen LogP contribution in [-0.2, 0) is 0 Å². The van der Waals surface area contributed by atoms with Crippen LogP contribution < -0.4 is 0 Å². The van der Waals surface area contributed by atoms with Gasteiger partial charge in [0.05, 0.1) is 11.4 Å². The zero-order valence-corrected chi connectivity index (χ0v) is 30.6. The highest BCUT2D eigenvalue weighted by Gasteiger charge is 2.17. The molecular formula is C52H32N2S. The second-order valence-electron chi connectivity index (χ2n) is 14.1. The van der Waals surface area contributed by atoms with E-state index >= 15 is 0 Å². The van der Waals surface area contributed by atoms with Gasteiger partial charge in [-0.15, -0.1) is 11.3 Å². The van der Waals surface area contributed by atoms with E-state index in [1.807, 2.05) is 17.4 Å².